The average molecular weight is 336 g/mol. The van der Waals surface area contributed by atoms with Crippen LogP contribution in [0.25, 0.3) is 0 Å². The van der Waals surface area contributed by atoms with Gasteiger partial charge in [0.2, 0.25) is 0 Å². The molecule has 0 saturated carbocycles. The van der Waals surface area contributed by atoms with Gasteiger partial charge in [0, 0.05) is 6.04 Å². The molecule has 21 heavy (non-hydrogen) atoms. The fraction of sp³-hybridized carbons (Fsp3) is 0.538. The second kappa shape index (κ2) is 6.04. The summed E-state index contributed by atoms with van der Waals surface area (Å²) in [5, 5.41) is 0. The lowest BCUT2D eigenvalue weighted by atomic mass is 9.82. The van der Waals surface area contributed by atoms with Crippen molar-refractivity contribution in [2.24, 2.45) is 11.1 Å². The second-order valence-corrected chi connectivity index (χ2v) is 5.68. The van der Waals surface area contributed by atoms with Gasteiger partial charge in [-0.25, -0.2) is 0 Å². The van der Waals surface area contributed by atoms with Gasteiger partial charge in [-0.05, 0) is 29.2 Å². The van der Waals surface area contributed by atoms with Gasteiger partial charge in [0.25, 0.3) is 0 Å². The van der Waals surface area contributed by atoms with Gasteiger partial charge in [0.1, 0.15) is 0 Å². The molecule has 2 N–H and O–H groups in total. The Hall–Kier alpha value is -0.950. The topological polar surface area (TPSA) is 26.0 Å². The van der Waals surface area contributed by atoms with E-state index in [1.807, 2.05) is 0 Å². The molecule has 0 aliphatic heterocycles. The van der Waals surface area contributed by atoms with Crippen LogP contribution in [0.1, 0.15) is 43.5 Å². The summed E-state index contributed by atoms with van der Waals surface area (Å²) in [6, 6.07) is 0.501. The Morgan fingerprint density at radius 2 is 1.14 bits per heavy atom. The van der Waals surface area contributed by atoms with Crippen LogP contribution in [0.15, 0.2) is 18.2 Å². The van der Waals surface area contributed by atoms with E-state index in [9.17, 15) is 26.3 Å². The molecule has 0 unspecified atom stereocenters. The van der Waals surface area contributed by atoms with Crippen LogP contribution < -0.4 is 5.73 Å². The fourth-order valence-electron chi connectivity index (χ4n) is 1.66. The maximum Gasteiger partial charge on any atom is 0.416 e. The molecule has 8 heteroatoms. The zero-order valence-corrected chi connectivity index (χ0v) is 12.4. The van der Waals surface area contributed by atoms with E-state index in [1.54, 1.807) is 20.8 Å². The number of alkyl halides is 6. The molecule has 1 rings (SSSR count). The monoisotopic (exact) mass is 335 g/mol. The molecule has 0 aromatic heterocycles. The van der Waals surface area contributed by atoms with Crippen molar-refractivity contribution in [2.45, 2.75) is 39.2 Å². The lowest BCUT2D eigenvalue weighted by Crippen LogP contribution is -2.27. The van der Waals surface area contributed by atoms with Gasteiger partial charge in [-0.2, -0.15) is 26.3 Å². The van der Waals surface area contributed by atoms with Gasteiger partial charge in [0.05, 0.1) is 11.1 Å². The average Bonchev–Trinajstić information content (AvgIpc) is 2.23. The molecule has 0 radical (unpaired) electrons. The molecule has 1 aromatic rings. The van der Waals surface area contributed by atoms with Crippen molar-refractivity contribution in [2.75, 3.05) is 0 Å². The highest BCUT2D eigenvalue weighted by molar-refractivity contribution is 5.85. The second-order valence-electron chi connectivity index (χ2n) is 5.68. The SMILES string of the molecule is CC(C)(C)[C@@H](N)c1cc(C(F)(F)F)cc(C(F)(F)F)c1.Cl. The van der Waals surface area contributed by atoms with E-state index in [2.05, 4.69) is 0 Å². The third-order valence-corrected chi connectivity index (χ3v) is 2.90. The first-order chi connectivity index (χ1) is 8.73. The molecule has 0 fully saturated rings. The van der Waals surface area contributed by atoms with E-state index >= 15 is 0 Å². The van der Waals surface area contributed by atoms with Gasteiger partial charge in [-0.1, -0.05) is 20.8 Å². The van der Waals surface area contributed by atoms with Gasteiger partial charge in [-0.3, -0.25) is 0 Å². The quantitative estimate of drug-likeness (QED) is 0.702. The van der Waals surface area contributed by atoms with Gasteiger partial charge in [0.15, 0.2) is 0 Å². The summed E-state index contributed by atoms with van der Waals surface area (Å²) in [7, 11) is 0. The predicted octanol–water partition coefficient (Wildman–Crippen LogP) is 5.19. The Morgan fingerprint density at radius 3 is 1.38 bits per heavy atom. The molecule has 1 nitrogen and oxygen atoms in total. The van der Waals surface area contributed by atoms with E-state index in [-0.39, 0.29) is 24.0 Å². The van der Waals surface area contributed by atoms with Crippen molar-refractivity contribution in [1.82, 2.24) is 0 Å². The van der Waals surface area contributed by atoms with Crippen molar-refractivity contribution in [3.05, 3.63) is 34.9 Å². The Morgan fingerprint density at radius 1 is 0.810 bits per heavy atom. The molecular formula is C13H16ClF6N. The minimum atomic E-state index is -4.85. The molecular weight excluding hydrogens is 320 g/mol. The van der Waals surface area contributed by atoms with Crippen LogP contribution >= 0.6 is 12.4 Å². The maximum absolute atomic E-state index is 12.7. The number of rotatable bonds is 1. The molecule has 1 atom stereocenters. The first-order valence-electron chi connectivity index (χ1n) is 5.78. The minimum Gasteiger partial charge on any atom is -0.324 e. The highest BCUT2D eigenvalue weighted by Crippen LogP contribution is 2.39. The van der Waals surface area contributed by atoms with Crippen LogP contribution in [0.4, 0.5) is 26.3 Å². The molecule has 1 aromatic carbocycles. The van der Waals surface area contributed by atoms with Crippen LogP contribution in [-0.2, 0) is 12.4 Å². The van der Waals surface area contributed by atoms with Crippen LogP contribution in [0, 0.1) is 5.41 Å². The third kappa shape index (κ3) is 5.07. The number of halogens is 7. The molecule has 122 valence electrons. The van der Waals surface area contributed by atoms with Gasteiger partial charge >= 0.3 is 12.4 Å². The molecule has 0 saturated heterocycles. The van der Waals surface area contributed by atoms with Crippen molar-refractivity contribution in [3.63, 3.8) is 0 Å². The van der Waals surface area contributed by atoms with Crippen molar-refractivity contribution >= 4 is 12.4 Å². The standard InChI is InChI=1S/C13H15F6N.ClH/c1-11(2,3)10(20)7-4-8(12(14,15)16)6-9(5-7)13(17,18)19;/h4-6,10H,20H2,1-3H3;1H/t10-;/m0./s1. The smallest absolute Gasteiger partial charge is 0.324 e. The summed E-state index contributed by atoms with van der Waals surface area (Å²) in [6.45, 7) is 4.93. The highest BCUT2D eigenvalue weighted by Gasteiger charge is 2.38. The Labute approximate surface area is 124 Å². The zero-order chi connectivity index (χ0) is 15.9. The Balaban J connectivity index is 0.00000400. The van der Waals surface area contributed by atoms with Crippen LogP contribution in [0.2, 0.25) is 0 Å². The first kappa shape index (κ1) is 20.1. The Bertz CT molecular complexity index is 455. The van der Waals surface area contributed by atoms with Crippen molar-refractivity contribution in [3.8, 4) is 0 Å². The summed E-state index contributed by atoms with van der Waals surface area (Å²) in [6.07, 6.45) is -9.71. The van der Waals surface area contributed by atoms with Gasteiger partial charge < -0.3 is 5.73 Å². The summed E-state index contributed by atoms with van der Waals surface area (Å²) < 4.78 is 76.1. The number of nitrogens with two attached hydrogens (primary N) is 1. The number of hydrogen-bond donors (Lipinski definition) is 1. The van der Waals surface area contributed by atoms with E-state index < -0.39 is 34.9 Å². The molecule has 0 aliphatic rings. The molecule has 0 amide bonds. The maximum atomic E-state index is 12.7. The normalized spacial score (nSPS) is 14.6. The third-order valence-electron chi connectivity index (χ3n) is 2.90. The first-order valence-corrected chi connectivity index (χ1v) is 5.78. The lowest BCUT2D eigenvalue weighted by Gasteiger charge is -2.28. The lowest BCUT2D eigenvalue weighted by molar-refractivity contribution is -0.143. The summed E-state index contributed by atoms with van der Waals surface area (Å²) in [5.41, 5.74) is 2.23. The predicted molar refractivity (Wildman–Crippen MR) is 70.1 cm³/mol. The van der Waals surface area contributed by atoms with Crippen LogP contribution in [0.3, 0.4) is 0 Å². The van der Waals surface area contributed by atoms with Crippen LogP contribution in [-0.4, -0.2) is 0 Å². The Kier molecular flexibility index (Phi) is 5.77. The molecule has 0 bridgehead atoms. The fourth-order valence-corrected chi connectivity index (χ4v) is 1.66. The molecule has 0 spiro atoms. The zero-order valence-electron chi connectivity index (χ0n) is 11.6. The van der Waals surface area contributed by atoms with Gasteiger partial charge in [-0.15, -0.1) is 12.4 Å². The highest BCUT2D eigenvalue weighted by atomic mass is 35.5. The van der Waals surface area contributed by atoms with E-state index in [0.717, 1.165) is 0 Å². The molecule has 0 aliphatic carbocycles. The van der Waals surface area contributed by atoms with E-state index in [4.69, 9.17) is 5.73 Å². The number of hydrogen-bond acceptors (Lipinski definition) is 1. The van der Waals surface area contributed by atoms with Crippen molar-refractivity contribution < 1.29 is 26.3 Å². The minimum absolute atomic E-state index is 0. The summed E-state index contributed by atoms with van der Waals surface area (Å²) in [4.78, 5) is 0. The van der Waals surface area contributed by atoms with Crippen molar-refractivity contribution in [1.29, 1.82) is 0 Å². The van der Waals surface area contributed by atoms with E-state index in [1.165, 1.54) is 0 Å². The molecule has 0 heterocycles. The van der Waals surface area contributed by atoms with Crippen LogP contribution in [0.5, 0.6) is 0 Å². The summed E-state index contributed by atoms with van der Waals surface area (Å²) >= 11 is 0. The number of benzene rings is 1. The summed E-state index contributed by atoms with van der Waals surface area (Å²) in [5.74, 6) is 0. The van der Waals surface area contributed by atoms with E-state index in [0.29, 0.717) is 12.1 Å². The largest absolute Gasteiger partial charge is 0.416 e.